The monoisotopic (exact) mass is 400 g/mol. The number of aromatic nitrogens is 1. The molecule has 152 valence electrons. The van der Waals surface area contributed by atoms with Crippen molar-refractivity contribution in [3.63, 3.8) is 0 Å². The Labute approximate surface area is 175 Å². The second-order valence-electron chi connectivity index (χ2n) is 7.75. The van der Waals surface area contributed by atoms with Gasteiger partial charge in [0, 0.05) is 29.7 Å². The number of nitriles is 1. The van der Waals surface area contributed by atoms with Crippen LogP contribution in [0.3, 0.4) is 0 Å². The Morgan fingerprint density at radius 3 is 2.67 bits per heavy atom. The van der Waals surface area contributed by atoms with Crippen molar-refractivity contribution >= 4 is 28.4 Å². The molecule has 0 spiro atoms. The number of aromatic carboxylic acids is 1. The van der Waals surface area contributed by atoms with E-state index in [0.29, 0.717) is 11.3 Å². The van der Waals surface area contributed by atoms with Crippen molar-refractivity contribution in [2.75, 3.05) is 23.3 Å². The highest BCUT2D eigenvalue weighted by atomic mass is 16.4. The smallest absolute Gasteiger partial charge is 0.337 e. The fraction of sp³-hybridized carbons (Fsp3) is 0.292. The zero-order valence-electron chi connectivity index (χ0n) is 17.1. The van der Waals surface area contributed by atoms with Gasteiger partial charge in [0.2, 0.25) is 0 Å². The van der Waals surface area contributed by atoms with Crippen LogP contribution in [0.15, 0.2) is 42.5 Å². The number of nitrogens with zero attached hydrogens (tertiary/aromatic N) is 3. The fourth-order valence-corrected chi connectivity index (χ4v) is 4.16. The molecule has 2 aromatic carbocycles. The van der Waals surface area contributed by atoms with Gasteiger partial charge in [-0.3, -0.25) is 0 Å². The van der Waals surface area contributed by atoms with Crippen LogP contribution >= 0.6 is 0 Å². The molecule has 3 aromatic rings. The van der Waals surface area contributed by atoms with Gasteiger partial charge in [0.05, 0.1) is 22.7 Å². The number of rotatable bonds is 5. The van der Waals surface area contributed by atoms with E-state index >= 15 is 0 Å². The number of benzene rings is 2. The number of carboxylic acids is 1. The zero-order chi connectivity index (χ0) is 21.3. The molecule has 0 unspecified atom stereocenters. The first-order valence-electron chi connectivity index (χ1n) is 10.2. The van der Waals surface area contributed by atoms with Gasteiger partial charge in [-0.2, -0.15) is 5.26 Å². The molecule has 2 N–H and O–H groups in total. The summed E-state index contributed by atoms with van der Waals surface area (Å²) < 4.78 is 0. The number of anilines is 2. The molecule has 1 atom stereocenters. The molecule has 1 aromatic heterocycles. The number of pyridine rings is 1. The van der Waals surface area contributed by atoms with Gasteiger partial charge in [-0.15, -0.1) is 0 Å². The quantitative estimate of drug-likeness (QED) is 0.634. The van der Waals surface area contributed by atoms with Crippen LogP contribution in [0.1, 0.15) is 52.9 Å². The van der Waals surface area contributed by atoms with Crippen molar-refractivity contribution in [2.24, 2.45) is 0 Å². The number of hydrogen-bond acceptors (Lipinski definition) is 5. The van der Waals surface area contributed by atoms with Crippen LogP contribution in [0.2, 0.25) is 0 Å². The number of carbonyl (C=O) groups is 1. The summed E-state index contributed by atoms with van der Waals surface area (Å²) in [5, 5.41) is 23.4. The van der Waals surface area contributed by atoms with Crippen molar-refractivity contribution in [3.05, 3.63) is 64.7 Å². The summed E-state index contributed by atoms with van der Waals surface area (Å²) in [6.07, 6.45) is 2.32. The van der Waals surface area contributed by atoms with E-state index in [1.54, 1.807) is 18.2 Å². The van der Waals surface area contributed by atoms with E-state index in [1.165, 1.54) is 0 Å². The van der Waals surface area contributed by atoms with E-state index in [1.807, 2.05) is 38.1 Å². The van der Waals surface area contributed by atoms with Gasteiger partial charge in [0.25, 0.3) is 0 Å². The van der Waals surface area contributed by atoms with E-state index in [-0.39, 0.29) is 11.6 Å². The summed E-state index contributed by atoms with van der Waals surface area (Å²) in [5.41, 5.74) is 4.04. The summed E-state index contributed by atoms with van der Waals surface area (Å²) >= 11 is 0. The molecule has 1 saturated heterocycles. The van der Waals surface area contributed by atoms with Crippen molar-refractivity contribution in [3.8, 4) is 6.07 Å². The van der Waals surface area contributed by atoms with Crippen LogP contribution in [0.4, 0.5) is 11.5 Å². The minimum absolute atomic E-state index is 0.194. The Bertz CT molecular complexity index is 1160. The number of para-hydroxylation sites is 1. The maximum atomic E-state index is 11.6. The summed E-state index contributed by atoms with van der Waals surface area (Å²) in [4.78, 5) is 18.8. The minimum atomic E-state index is -0.972. The number of aryl methyl sites for hydroxylation is 1. The highest BCUT2D eigenvalue weighted by Crippen LogP contribution is 2.33. The predicted octanol–water partition coefficient (Wildman–Crippen LogP) is 4.89. The Morgan fingerprint density at radius 1 is 1.23 bits per heavy atom. The molecule has 0 radical (unpaired) electrons. The van der Waals surface area contributed by atoms with Gasteiger partial charge in [-0.25, -0.2) is 9.78 Å². The number of fused-ring (bicyclic) bond motifs is 1. The van der Waals surface area contributed by atoms with Crippen molar-refractivity contribution in [1.29, 1.82) is 5.26 Å². The van der Waals surface area contributed by atoms with Crippen molar-refractivity contribution < 1.29 is 9.90 Å². The second-order valence-corrected chi connectivity index (χ2v) is 7.75. The van der Waals surface area contributed by atoms with Crippen LogP contribution in [-0.2, 0) is 0 Å². The normalized spacial score (nSPS) is 14.5. The minimum Gasteiger partial charge on any atom is -0.478 e. The molecule has 4 rings (SSSR count). The molecule has 6 heteroatoms. The molecule has 2 heterocycles. The van der Waals surface area contributed by atoms with Crippen LogP contribution in [0.25, 0.3) is 10.9 Å². The Balaban J connectivity index is 1.82. The second kappa shape index (κ2) is 8.03. The number of hydrogen-bond donors (Lipinski definition) is 2. The first-order valence-corrected chi connectivity index (χ1v) is 10.2. The van der Waals surface area contributed by atoms with E-state index in [2.05, 4.69) is 16.3 Å². The molecule has 30 heavy (non-hydrogen) atoms. The average Bonchev–Trinajstić information content (AvgIpc) is 3.28. The molecular formula is C24H24N4O2. The van der Waals surface area contributed by atoms with Gasteiger partial charge in [-0.05, 0) is 56.5 Å². The van der Waals surface area contributed by atoms with Gasteiger partial charge in [-0.1, -0.05) is 18.2 Å². The third kappa shape index (κ3) is 3.55. The lowest BCUT2D eigenvalue weighted by atomic mass is 9.95. The lowest BCUT2D eigenvalue weighted by molar-refractivity contribution is 0.0698. The van der Waals surface area contributed by atoms with Gasteiger partial charge >= 0.3 is 5.97 Å². The molecule has 6 nitrogen and oxygen atoms in total. The largest absolute Gasteiger partial charge is 0.478 e. The Hall–Kier alpha value is -3.59. The highest BCUT2D eigenvalue weighted by Gasteiger charge is 2.20. The summed E-state index contributed by atoms with van der Waals surface area (Å²) in [5.74, 6) is -0.0484. The molecule has 1 aliphatic heterocycles. The standard InChI is InChI=1S/C24H24N4O2/c1-15-13-19(16(2)26-21-8-4-3-7-18(21)24(29)30)23-17(20(15)14-25)9-10-22(27-23)28-11-5-6-12-28/h3-4,7-10,13,16,26H,5-6,11-12H2,1-2H3,(H,29,30)/t16-/m0/s1. The first-order chi connectivity index (χ1) is 14.5. The van der Waals surface area contributed by atoms with Gasteiger partial charge in [0.15, 0.2) is 0 Å². The van der Waals surface area contributed by atoms with Crippen LogP contribution in [-0.4, -0.2) is 29.1 Å². The summed E-state index contributed by atoms with van der Waals surface area (Å²) in [6, 6.07) is 15.0. The van der Waals surface area contributed by atoms with E-state index < -0.39 is 5.97 Å². The summed E-state index contributed by atoms with van der Waals surface area (Å²) in [6.45, 7) is 5.89. The van der Waals surface area contributed by atoms with Crippen molar-refractivity contribution in [1.82, 2.24) is 4.98 Å². The van der Waals surface area contributed by atoms with E-state index in [0.717, 1.165) is 53.8 Å². The summed E-state index contributed by atoms with van der Waals surface area (Å²) in [7, 11) is 0. The third-order valence-corrected chi connectivity index (χ3v) is 5.73. The van der Waals surface area contributed by atoms with Crippen LogP contribution in [0, 0.1) is 18.3 Å². The third-order valence-electron chi connectivity index (χ3n) is 5.73. The molecule has 1 aliphatic rings. The average molecular weight is 400 g/mol. The van der Waals surface area contributed by atoms with Gasteiger partial charge in [0.1, 0.15) is 11.9 Å². The van der Waals surface area contributed by atoms with E-state index in [4.69, 9.17) is 4.98 Å². The molecule has 0 saturated carbocycles. The number of carboxylic acid groups (broad SMARTS) is 1. The molecule has 0 aliphatic carbocycles. The number of nitrogens with one attached hydrogen (secondary N) is 1. The Morgan fingerprint density at radius 2 is 1.97 bits per heavy atom. The van der Waals surface area contributed by atoms with Crippen molar-refractivity contribution in [2.45, 2.75) is 32.7 Å². The SMILES string of the molecule is Cc1cc([C@H](C)Nc2ccccc2C(=O)O)c2nc(N3CCCC3)ccc2c1C#N. The molecular weight excluding hydrogens is 376 g/mol. The topological polar surface area (TPSA) is 89.2 Å². The maximum Gasteiger partial charge on any atom is 0.337 e. The fourth-order valence-electron chi connectivity index (χ4n) is 4.16. The highest BCUT2D eigenvalue weighted by molar-refractivity contribution is 5.95. The predicted molar refractivity (Wildman–Crippen MR) is 118 cm³/mol. The Kier molecular flexibility index (Phi) is 5.28. The maximum absolute atomic E-state index is 11.6. The lowest BCUT2D eigenvalue weighted by Gasteiger charge is -2.22. The van der Waals surface area contributed by atoms with Crippen LogP contribution < -0.4 is 10.2 Å². The lowest BCUT2D eigenvalue weighted by Crippen LogP contribution is -2.19. The zero-order valence-corrected chi connectivity index (χ0v) is 17.1. The van der Waals surface area contributed by atoms with E-state index in [9.17, 15) is 15.2 Å². The first kappa shape index (κ1) is 19.7. The molecule has 0 bridgehead atoms. The van der Waals surface area contributed by atoms with Crippen LogP contribution in [0.5, 0.6) is 0 Å². The van der Waals surface area contributed by atoms with Gasteiger partial charge < -0.3 is 15.3 Å². The molecule has 1 fully saturated rings. The molecule has 0 amide bonds.